The van der Waals surface area contributed by atoms with Gasteiger partial charge in [0.2, 0.25) is 0 Å². The number of hydrogen-bond donors (Lipinski definition) is 0. The molecule has 0 N–H and O–H groups in total. The van der Waals surface area contributed by atoms with E-state index in [0.29, 0.717) is 5.41 Å². The molecule has 27 heavy (non-hydrogen) atoms. The summed E-state index contributed by atoms with van der Waals surface area (Å²) in [7, 11) is 0. The van der Waals surface area contributed by atoms with Crippen LogP contribution in [0.1, 0.15) is 96.5 Å². The van der Waals surface area contributed by atoms with Crippen LogP contribution < -0.4 is 0 Å². The standard InChI is InChI=1S/C27H40/c1-3-21-9-11-23(12-10-21)24-13-15-26(16-14-24)27(2)19-17-25(18-20-27)22-7-5-4-6-8-22/h4-8,17,21,23-24,26H,3,9-16,18-20H2,1-2H3/t21-,23-,24-,26-,27?. The highest BCUT2D eigenvalue weighted by Gasteiger charge is 2.39. The van der Waals surface area contributed by atoms with Crippen LogP contribution in [0.15, 0.2) is 36.4 Å². The monoisotopic (exact) mass is 364 g/mol. The van der Waals surface area contributed by atoms with E-state index in [-0.39, 0.29) is 0 Å². The van der Waals surface area contributed by atoms with Gasteiger partial charge in [-0.2, -0.15) is 0 Å². The molecular formula is C27H40. The zero-order valence-corrected chi connectivity index (χ0v) is 17.8. The van der Waals surface area contributed by atoms with E-state index in [2.05, 4.69) is 50.3 Å². The minimum absolute atomic E-state index is 0.559. The summed E-state index contributed by atoms with van der Waals surface area (Å²) in [6.45, 7) is 4.99. The Morgan fingerprint density at radius 2 is 1.48 bits per heavy atom. The molecule has 0 bridgehead atoms. The second kappa shape index (κ2) is 8.54. The summed E-state index contributed by atoms with van der Waals surface area (Å²) in [6.07, 6.45) is 20.1. The van der Waals surface area contributed by atoms with E-state index in [1.165, 1.54) is 82.6 Å². The van der Waals surface area contributed by atoms with Gasteiger partial charge in [0.25, 0.3) is 0 Å². The Labute approximate surface area is 167 Å². The average molecular weight is 365 g/mol. The van der Waals surface area contributed by atoms with Gasteiger partial charge in [-0.1, -0.05) is 69.5 Å². The molecule has 0 heterocycles. The highest BCUT2D eigenvalue weighted by Crippen LogP contribution is 2.51. The van der Waals surface area contributed by atoms with E-state index in [0.717, 1.165) is 23.7 Å². The molecule has 0 heteroatoms. The van der Waals surface area contributed by atoms with E-state index in [1.807, 2.05) is 0 Å². The van der Waals surface area contributed by atoms with Crippen molar-refractivity contribution in [2.75, 3.05) is 0 Å². The van der Waals surface area contributed by atoms with Gasteiger partial charge in [0.1, 0.15) is 0 Å². The molecule has 2 fully saturated rings. The Morgan fingerprint density at radius 1 is 0.852 bits per heavy atom. The molecule has 1 aromatic rings. The van der Waals surface area contributed by atoms with Crippen LogP contribution in [0, 0.1) is 29.1 Å². The van der Waals surface area contributed by atoms with Crippen molar-refractivity contribution in [3.63, 3.8) is 0 Å². The predicted molar refractivity (Wildman–Crippen MR) is 118 cm³/mol. The molecule has 0 amide bonds. The molecule has 1 atom stereocenters. The molecule has 0 nitrogen and oxygen atoms in total. The van der Waals surface area contributed by atoms with Crippen LogP contribution in [0.4, 0.5) is 0 Å². The number of rotatable bonds is 4. The van der Waals surface area contributed by atoms with Gasteiger partial charge >= 0.3 is 0 Å². The quantitative estimate of drug-likeness (QED) is 0.504. The maximum absolute atomic E-state index is 2.60. The highest BCUT2D eigenvalue weighted by atomic mass is 14.4. The molecule has 0 radical (unpaired) electrons. The van der Waals surface area contributed by atoms with Crippen molar-refractivity contribution < 1.29 is 0 Å². The largest absolute Gasteiger partial charge is 0.0802 e. The second-order valence-electron chi connectivity index (χ2n) is 10.3. The Balaban J connectivity index is 1.30. The second-order valence-corrected chi connectivity index (χ2v) is 10.3. The third-order valence-corrected chi connectivity index (χ3v) is 8.82. The summed E-state index contributed by atoms with van der Waals surface area (Å²) in [5, 5.41) is 0. The Morgan fingerprint density at radius 3 is 2.04 bits per heavy atom. The maximum Gasteiger partial charge on any atom is -0.0228 e. The van der Waals surface area contributed by atoms with Gasteiger partial charge in [0, 0.05) is 0 Å². The Kier molecular flexibility index (Phi) is 6.10. The van der Waals surface area contributed by atoms with Crippen molar-refractivity contribution in [1.82, 2.24) is 0 Å². The predicted octanol–water partition coefficient (Wildman–Crippen LogP) is 8.28. The fourth-order valence-electron chi connectivity index (χ4n) is 6.62. The maximum atomic E-state index is 2.60. The first-order chi connectivity index (χ1) is 13.2. The smallest absolute Gasteiger partial charge is 0.0228 e. The summed E-state index contributed by atoms with van der Waals surface area (Å²) in [4.78, 5) is 0. The van der Waals surface area contributed by atoms with Crippen molar-refractivity contribution in [1.29, 1.82) is 0 Å². The minimum Gasteiger partial charge on any atom is -0.0802 e. The fourth-order valence-corrected chi connectivity index (χ4v) is 6.62. The SMILES string of the molecule is CC[C@H]1CC[C@H]([C@H]2CC[C@H](C3(C)CC=C(c4ccccc4)CC3)CC2)CC1. The molecule has 2 saturated carbocycles. The van der Waals surface area contributed by atoms with Crippen molar-refractivity contribution in [3.05, 3.63) is 42.0 Å². The van der Waals surface area contributed by atoms with Crippen LogP contribution >= 0.6 is 0 Å². The van der Waals surface area contributed by atoms with Crippen LogP contribution in [-0.4, -0.2) is 0 Å². The molecule has 3 aliphatic rings. The van der Waals surface area contributed by atoms with Crippen LogP contribution in [0.5, 0.6) is 0 Å². The zero-order valence-electron chi connectivity index (χ0n) is 17.8. The van der Waals surface area contributed by atoms with E-state index in [4.69, 9.17) is 0 Å². The van der Waals surface area contributed by atoms with Crippen molar-refractivity contribution in [3.8, 4) is 0 Å². The van der Waals surface area contributed by atoms with Crippen LogP contribution in [0.2, 0.25) is 0 Å². The zero-order chi connectivity index (χ0) is 18.7. The fraction of sp³-hybridized carbons (Fsp3) is 0.704. The van der Waals surface area contributed by atoms with E-state index >= 15 is 0 Å². The average Bonchev–Trinajstić information content (AvgIpc) is 2.75. The Bertz CT molecular complexity index is 611. The van der Waals surface area contributed by atoms with Gasteiger partial charge in [-0.25, -0.2) is 0 Å². The number of benzene rings is 1. The van der Waals surface area contributed by atoms with E-state index in [1.54, 1.807) is 5.57 Å². The molecular weight excluding hydrogens is 324 g/mol. The molecule has 1 unspecified atom stereocenters. The van der Waals surface area contributed by atoms with Gasteiger partial charge in [-0.05, 0) is 98.0 Å². The first kappa shape index (κ1) is 19.3. The lowest BCUT2D eigenvalue weighted by Crippen LogP contribution is -2.34. The highest BCUT2D eigenvalue weighted by molar-refractivity contribution is 5.66. The van der Waals surface area contributed by atoms with E-state index in [9.17, 15) is 0 Å². The van der Waals surface area contributed by atoms with E-state index < -0.39 is 0 Å². The van der Waals surface area contributed by atoms with Crippen LogP contribution in [0.25, 0.3) is 5.57 Å². The van der Waals surface area contributed by atoms with Gasteiger partial charge in [-0.15, -0.1) is 0 Å². The molecule has 0 spiro atoms. The molecule has 0 aliphatic heterocycles. The molecule has 1 aromatic carbocycles. The molecule has 148 valence electrons. The summed E-state index contributed by atoms with van der Waals surface area (Å²) in [5.41, 5.74) is 3.60. The number of hydrogen-bond acceptors (Lipinski definition) is 0. The minimum atomic E-state index is 0.559. The third kappa shape index (κ3) is 4.36. The summed E-state index contributed by atoms with van der Waals surface area (Å²) >= 11 is 0. The lowest BCUT2D eigenvalue weighted by atomic mass is 9.60. The third-order valence-electron chi connectivity index (χ3n) is 8.82. The van der Waals surface area contributed by atoms with Crippen LogP contribution in [0.3, 0.4) is 0 Å². The van der Waals surface area contributed by atoms with Gasteiger partial charge in [0.15, 0.2) is 0 Å². The summed E-state index contributed by atoms with van der Waals surface area (Å²) in [5.74, 6) is 4.14. The molecule has 0 aromatic heterocycles. The molecule has 4 rings (SSSR count). The summed E-state index contributed by atoms with van der Waals surface area (Å²) in [6, 6.07) is 11.1. The van der Waals surface area contributed by atoms with Gasteiger partial charge in [0.05, 0.1) is 0 Å². The lowest BCUT2D eigenvalue weighted by Gasteiger charge is -2.45. The Hall–Kier alpha value is -1.04. The normalized spacial score (nSPS) is 37.6. The lowest BCUT2D eigenvalue weighted by molar-refractivity contribution is 0.0754. The first-order valence-corrected chi connectivity index (χ1v) is 11.9. The van der Waals surface area contributed by atoms with Crippen molar-refractivity contribution in [2.45, 2.75) is 90.9 Å². The summed E-state index contributed by atoms with van der Waals surface area (Å²) < 4.78 is 0. The topological polar surface area (TPSA) is 0 Å². The first-order valence-electron chi connectivity index (χ1n) is 11.9. The van der Waals surface area contributed by atoms with Crippen molar-refractivity contribution in [2.24, 2.45) is 29.1 Å². The van der Waals surface area contributed by atoms with Crippen LogP contribution in [-0.2, 0) is 0 Å². The molecule has 0 saturated heterocycles. The van der Waals surface area contributed by atoms with Crippen molar-refractivity contribution >= 4 is 5.57 Å². The van der Waals surface area contributed by atoms with Gasteiger partial charge < -0.3 is 0 Å². The van der Waals surface area contributed by atoms with Gasteiger partial charge in [-0.3, -0.25) is 0 Å². The number of allylic oxidation sites excluding steroid dienone is 2. The molecule has 3 aliphatic carbocycles.